The SMILES string of the molecule is CC1=C(C(=O)NC2CCC(CO)CC2)CCCO1. The van der Waals surface area contributed by atoms with Crippen LogP contribution in [-0.2, 0) is 9.53 Å². The molecule has 102 valence electrons. The largest absolute Gasteiger partial charge is 0.498 e. The molecule has 2 rings (SSSR count). The third-order valence-electron chi connectivity index (χ3n) is 4.03. The van der Waals surface area contributed by atoms with Crippen molar-refractivity contribution in [3.05, 3.63) is 11.3 Å². The fraction of sp³-hybridized carbons (Fsp3) is 0.786. The first-order valence-electron chi connectivity index (χ1n) is 6.95. The zero-order valence-corrected chi connectivity index (χ0v) is 11.1. The van der Waals surface area contributed by atoms with Crippen LogP contribution in [0.15, 0.2) is 11.3 Å². The predicted molar refractivity (Wildman–Crippen MR) is 68.9 cm³/mol. The maximum absolute atomic E-state index is 12.1. The molecule has 4 heteroatoms. The van der Waals surface area contributed by atoms with Crippen LogP contribution >= 0.6 is 0 Å². The van der Waals surface area contributed by atoms with Gasteiger partial charge in [0.2, 0.25) is 0 Å². The quantitative estimate of drug-likeness (QED) is 0.805. The highest BCUT2D eigenvalue weighted by Crippen LogP contribution is 2.25. The number of aliphatic hydroxyl groups excluding tert-OH is 1. The van der Waals surface area contributed by atoms with Gasteiger partial charge in [-0.3, -0.25) is 4.79 Å². The van der Waals surface area contributed by atoms with Crippen LogP contribution in [-0.4, -0.2) is 30.3 Å². The Labute approximate surface area is 108 Å². The Morgan fingerprint density at radius 2 is 2.11 bits per heavy atom. The molecule has 0 unspecified atom stereocenters. The van der Waals surface area contributed by atoms with Gasteiger partial charge in [0.25, 0.3) is 5.91 Å². The number of allylic oxidation sites excluding steroid dienone is 1. The van der Waals surface area contributed by atoms with Gasteiger partial charge in [0, 0.05) is 12.6 Å². The zero-order chi connectivity index (χ0) is 13.0. The first-order chi connectivity index (χ1) is 8.70. The van der Waals surface area contributed by atoms with E-state index >= 15 is 0 Å². The minimum Gasteiger partial charge on any atom is -0.498 e. The van der Waals surface area contributed by atoms with Gasteiger partial charge >= 0.3 is 0 Å². The maximum atomic E-state index is 12.1. The van der Waals surface area contributed by atoms with Gasteiger partial charge in [-0.1, -0.05) is 0 Å². The summed E-state index contributed by atoms with van der Waals surface area (Å²) >= 11 is 0. The van der Waals surface area contributed by atoms with Gasteiger partial charge in [-0.2, -0.15) is 0 Å². The molecule has 0 radical (unpaired) electrons. The average Bonchev–Trinajstić information content (AvgIpc) is 2.40. The number of amides is 1. The molecule has 0 aromatic carbocycles. The van der Waals surface area contributed by atoms with Crippen LogP contribution in [0.1, 0.15) is 45.4 Å². The van der Waals surface area contributed by atoms with Crippen LogP contribution in [0.3, 0.4) is 0 Å². The monoisotopic (exact) mass is 253 g/mol. The molecule has 1 heterocycles. The highest BCUT2D eigenvalue weighted by atomic mass is 16.5. The lowest BCUT2D eigenvalue weighted by Gasteiger charge is -2.29. The Kier molecular flexibility index (Phi) is 4.64. The second-order valence-corrected chi connectivity index (χ2v) is 5.36. The summed E-state index contributed by atoms with van der Waals surface area (Å²) in [5.74, 6) is 1.25. The van der Waals surface area contributed by atoms with Gasteiger partial charge in [0.1, 0.15) is 5.76 Å². The van der Waals surface area contributed by atoms with E-state index in [1.807, 2.05) is 6.92 Å². The second-order valence-electron chi connectivity index (χ2n) is 5.36. The van der Waals surface area contributed by atoms with Gasteiger partial charge in [-0.05, 0) is 51.4 Å². The van der Waals surface area contributed by atoms with E-state index in [2.05, 4.69) is 5.32 Å². The minimum absolute atomic E-state index is 0.0413. The van der Waals surface area contributed by atoms with Crippen LogP contribution in [0.2, 0.25) is 0 Å². The Hall–Kier alpha value is -1.03. The smallest absolute Gasteiger partial charge is 0.250 e. The summed E-state index contributed by atoms with van der Waals surface area (Å²) < 4.78 is 5.42. The summed E-state index contributed by atoms with van der Waals surface area (Å²) in [5.41, 5.74) is 0.811. The molecule has 0 spiro atoms. The molecular weight excluding hydrogens is 230 g/mol. The van der Waals surface area contributed by atoms with Crippen molar-refractivity contribution in [1.82, 2.24) is 5.32 Å². The lowest BCUT2D eigenvalue weighted by atomic mass is 9.86. The molecule has 1 fully saturated rings. The molecule has 1 saturated carbocycles. The normalized spacial score (nSPS) is 28.8. The Bertz CT molecular complexity index is 330. The van der Waals surface area contributed by atoms with E-state index in [1.54, 1.807) is 0 Å². The molecule has 0 aromatic heterocycles. The molecule has 0 atom stereocenters. The summed E-state index contributed by atoms with van der Waals surface area (Å²) in [6, 6.07) is 0.266. The van der Waals surface area contributed by atoms with Crippen molar-refractivity contribution in [2.75, 3.05) is 13.2 Å². The number of nitrogens with one attached hydrogen (secondary N) is 1. The van der Waals surface area contributed by atoms with Gasteiger partial charge in [0.05, 0.1) is 12.2 Å². The molecule has 1 amide bonds. The van der Waals surface area contributed by atoms with Crippen LogP contribution in [0, 0.1) is 5.92 Å². The van der Waals surface area contributed by atoms with Gasteiger partial charge < -0.3 is 15.2 Å². The number of carbonyl (C=O) groups is 1. The van der Waals surface area contributed by atoms with E-state index in [1.165, 1.54) is 0 Å². The molecule has 1 aliphatic carbocycles. The summed E-state index contributed by atoms with van der Waals surface area (Å²) in [6.07, 6.45) is 5.72. The molecular formula is C14H23NO3. The van der Waals surface area contributed by atoms with E-state index in [9.17, 15) is 4.79 Å². The van der Waals surface area contributed by atoms with E-state index in [4.69, 9.17) is 9.84 Å². The molecule has 1 aliphatic heterocycles. The van der Waals surface area contributed by atoms with Crippen molar-refractivity contribution in [3.63, 3.8) is 0 Å². The van der Waals surface area contributed by atoms with E-state index in [0.29, 0.717) is 5.92 Å². The lowest BCUT2D eigenvalue weighted by Crippen LogP contribution is -2.39. The Balaban J connectivity index is 1.85. The number of ether oxygens (including phenoxy) is 1. The van der Waals surface area contributed by atoms with E-state index < -0.39 is 0 Å². The summed E-state index contributed by atoms with van der Waals surface area (Å²) in [6.45, 7) is 2.87. The van der Waals surface area contributed by atoms with Crippen molar-refractivity contribution in [2.45, 2.75) is 51.5 Å². The molecule has 2 aliphatic rings. The molecule has 0 saturated heterocycles. The number of hydrogen-bond acceptors (Lipinski definition) is 3. The standard InChI is InChI=1S/C14H23NO3/c1-10-13(3-2-8-18-10)14(17)15-12-6-4-11(9-16)5-7-12/h11-12,16H,2-9H2,1H3,(H,15,17). The Morgan fingerprint density at radius 3 is 2.72 bits per heavy atom. The fourth-order valence-corrected chi connectivity index (χ4v) is 2.77. The van der Waals surface area contributed by atoms with Crippen LogP contribution in [0.5, 0.6) is 0 Å². The van der Waals surface area contributed by atoms with Crippen LogP contribution in [0.25, 0.3) is 0 Å². The minimum atomic E-state index is 0.0413. The first kappa shape index (κ1) is 13.4. The highest BCUT2D eigenvalue weighted by Gasteiger charge is 2.24. The fourth-order valence-electron chi connectivity index (χ4n) is 2.77. The third-order valence-corrected chi connectivity index (χ3v) is 4.03. The summed E-state index contributed by atoms with van der Waals surface area (Å²) in [5, 5.41) is 12.2. The van der Waals surface area contributed by atoms with Gasteiger partial charge in [-0.15, -0.1) is 0 Å². The zero-order valence-electron chi connectivity index (χ0n) is 11.1. The van der Waals surface area contributed by atoms with Crippen molar-refractivity contribution >= 4 is 5.91 Å². The molecule has 18 heavy (non-hydrogen) atoms. The number of carbonyl (C=O) groups excluding carboxylic acids is 1. The summed E-state index contributed by atoms with van der Waals surface area (Å²) in [4.78, 5) is 12.1. The van der Waals surface area contributed by atoms with E-state index in [0.717, 1.165) is 56.5 Å². The third kappa shape index (κ3) is 3.25. The molecule has 0 aromatic rings. The Morgan fingerprint density at radius 1 is 1.39 bits per heavy atom. The molecule has 2 N–H and O–H groups in total. The number of aliphatic hydroxyl groups is 1. The second kappa shape index (κ2) is 6.23. The molecule has 0 bridgehead atoms. The van der Waals surface area contributed by atoms with Gasteiger partial charge in [-0.25, -0.2) is 0 Å². The summed E-state index contributed by atoms with van der Waals surface area (Å²) in [7, 11) is 0. The van der Waals surface area contributed by atoms with Gasteiger partial charge in [0.15, 0.2) is 0 Å². The van der Waals surface area contributed by atoms with Crippen LogP contribution in [0.4, 0.5) is 0 Å². The van der Waals surface area contributed by atoms with Crippen molar-refractivity contribution in [2.24, 2.45) is 5.92 Å². The lowest BCUT2D eigenvalue weighted by molar-refractivity contribution is -0.119. The van der Waals surface area contributed by atoms with Crippen LogP contribution < -0.4 is 5.32 Å². The predicted octanol–water partition coefficient (Wildman–Crippen LogP) is 1.74. The topological polar surface area (TPSA) is 58.6 Å². The number of hydrogen-bond donors (Lipinski definition) is 2. The average molecular weight is 253 g/mol. The number of rotatable bonds is 3. The maximum Gasteiger partial charge on any atom is 0.250 e. The first-order valence-corrected chi connectivity index (χ1v) is 6.95. The molecule has 4 nitrogen and oxygen atoms in total. The van der Waals surface area contributed by atoms with Crippen molar-refractivity contribution in [3.8, 4) is 0 Å². The van der Waals surface area contributed by atoms with Crippen molar-refractivity contribution in [1.29, 1.82) is 0 Å². The van der Waals surface area contributed by atoms with Crippen molar-refractivity contribution < 1.29 is 14.6 Å². The van der Waals surface area contributed by atoms with E-state index in [-0.39, 0.29) is 18.6 Å². The highest BCUT2D eigenvalue weighted by molar-refractivity contribution is 5.94.